The van der Waals surface area contributed by atoms with Crippen LogP contribution in [-0.2, 0) is 9.59 Å². The molecule has 0 aromatic rings. The number of carbonyl (C=O) groups is 2. The van der Waals surface area contributed by atoms with Crippen molar-refractivity contribution in [1.29, 1.82) is 0 Å². The van der Waals surface area contributed by atoms with Crippen molar-refractivity contribution in [2.24, 2.45) is 5.92 Å². The van der Waals surface area contributed by atoms with Crippen molar-refractivity contribution in [2.75, 3.05) is 6.54 Å². The zero-order valence-electron chi connectivity index (χ0n) is 7.38. The Labute approximate surface area is 79.5 Å². The highest BCUT2D eigenvalue weighted by atomic mass is 16.6. The molecule has 1 atom stereocenters. The molecule has 0 aliphatic rings. The molecule has 0 aromatic carbocycles. The summed E-state index contributed by atoms with van der Waals surface area (Å²) in [5.74, 6) is -3.47. The predicted molar refractivity (Wildman–Crippen MR) is 44.5 cm³/mol. The Morgan fingerprint density at radius 1 is 1.36 bits per heavy atom. The van der Waals surface area contributed by atoms with Gasteiger partial charge in [-0.05, 0) is 6.42 Å². The van der Waals surface area contributed by atoms with Crippen LogP contribution < -0.4 is 0 Å². The number of nitrogens with zero attached hydrogens (tertiary/aromatic N) is 1. The Hall–Kier alpha value is -1.66. The summed E-state index contributed by atoms with van der Waals surface area (Å²) in [7, 11) is 0. The summed E-state index contributed by atoms with van der Waals surface area (Å²) in [5.41, 5.74) is 0. The minimum atomic E-state index is -1.23. The Morgan fingerprint density at radius 3 is 2.29 bits per heavy atom. The Kier molecular flexibility index (Phi) is 5.20. The average Bonchev–Trinajstić information content (AvgIpc) is 2.00. The summed E-state index contributed by atoms with van der Waals surface area (Å²) in [5, 5.41) is 26.8. The van der Waals surface area contributed by atoms with E-state index in [1.54, 1.807) is 0 Å². The topological polar surface area (TPSA) is 118 Å². The monoisotopic (exact) mass is 205 g/mol. The van der Waals surface area contributed by atoms with Crippen molar-refractivity contribution in [3.8, 4) is 0 Å². The van der Waals surface area contributed by atoms with Crippen LogP contribution in [0.3, 0.4) is 0 Å². The van der Waals surface area contributed by atoms with Gasteiger partial charge in [-0.3, -0.25) is 19.7 Å². The first-order valence-electron chi connectivity index (χ1n) is 4.00. The van der Waals surface area contributed by atoms with E-state index in [2.05, 4.69) is 0 Å². The first kappa shape index (κ1) is 12.3. The second-order valence-corrected chi connectivity index (χ2v) is 2.83. The maximum Gasteiger partial charge on any atom is 0.307 e. The van der Waals surface area contributed by atoms with Gasteiger partial charge in [-0.1, -0.05) is 0 Å². The number of nitro groups is 1. The molecule has 0 aliphatic heterocycles. The van der Waals surface area contributed by atoms with Crippen LogP contribution in [0.2, 0.25) is 0 Å². The van der Waals surface area contributed by atoms with Gasteiger partial charge in [0, 0.05) is 11.3 Å². The fraction of sp³-hybridized carbons (Fsp3) is 0.714. The van der Waals surface area contributed by atoms with Crippen LogP contribution in [0.15, 0.2) is 0 Å². The van der Waals surface area contributed by atoms with E-state index in [9.17, 15) is 19.7 Å². The quantitative estimate of drug-likeness (QED) is 0.453. The third-order valence-corrected chi connectivity index (χ3v) is 1.66. The number of hydrogen-bond donors (Lipinski definition) is 2. The van der Waals surface area contributed by atoms with Gasteiger partial charge in [0.15, 0.2) is 0 Å². The average molecular weight is 205 g/mol. The van der Waals surface area contributed by atoms with E-state index in [-0.39, 0.29) is 19.4 Å². The molecule has 1 unspecified atom stereocenters. The van der Waals surface area contributed by atoms with Crippen LogP contribution in [0.25, 0.3) is 0 Å². The van der Waals surface area contributed by atoms with Crippen LogP contribution in [0.1, 0.15) is 19.3 Å². The summed E-state index contributed by atoms with van der Waals surface area (Å²) in [4.78, 5) is 30.1. The molecule has 7 heteroatoms. The molecule has 2 N–H and O–H groups in total. The molecule has 0 saturated carbocycles. The van der Waals surface area contributed by atoms with E-state index in [1.165, 1.54) is 0 Å². The molecule has 0 saturated heterocycles. The first-order valence-corrected chi connectivity index (χ1v) is 4.00. The largest absolute Gasteiger partial charge is 0.481 e. The van der Waals surface area contributed by atoms with Crippen molar-refractivity contribution in [3.63, 3.8) is 0 Å². The van der Waals surface area contributed by atoms with Crippen molar-refractivity contribution in [1.82, 2.24) is 0 Å². The van der Waals surface area contributed by atoms with Gasteiger partial charge in [0.05, 0.1) is 12.3 Å². The first-order chi connectivity index (χ1) is 6.43. The molecule has 0 aromatic heterocycles. The van der Waals surface area contributed by atoms with Crippen LogP contribution in [0.4, 0.5) is 0 Å². The summed E-state index contributed by atoms with van der Waals surface area (Å²) < 4.78 is 0. The number of hydrogen-bond acceptors (Lipinski definition) is 4. The van der Waals surface area contributed by atoms with Gasteiger partial charge in [-0.2, -0.15) is 0 Å². The van der Waals surface area contributed by atoms with Crippen LogP contribution >= 0.6 is 0 Å². The number of carboxylic acid groups (broad SMARTS) is 2. The Bertz CT molecular complexity index is 238. The Balaban J connectivity index is 3.91. The lowest BCUT2D eigenvalue weighted by atomic mass is 10.00. The van der Waals surface area contributed by atoms with E-state index >= 15 is 0 Å². The smallest absolute Gasteiger partial charge is 0.307 e. The maximum atomic E-state index is 10.5. The lowest BCUT2D eigenvalue weighted by Crippen LogP contribution is -2.18. The second kappa shape index (κ2) is 5.90. The van der Waals surface area contributed by atoms with Gasteiger partial charge in [0.25, 0.3) is 0 Å². The molecule has 0 rings (SSSR count). The van der Waals surface area contributed by atoms with Crippen LogP contribution in [0, 0.1) is 16.0 Å². The third kappa shape index (κ3) is 5.92. The standard InChI is InChI=1S/C7H11NO6/c9-6(10)4-5(7(11)12)2-1-3-8(13)14/h5H,1-4H2,(H,9,10)(H,11,12). The minimum absolute atomic E-state index is 0.0165. The molecular formula is C7H11NO6. The molecule has 0 amide bonds. The highest BCUT2D eigenvalue weighted by Crippen LogP contribution is 2.11. The molecule has 14 heavy (non-hydrogen) atoms. The van der Waals surface area contributed by atoms with Crippen molar-refractivity contribution < 1.29 is 24.7 Å². The zero-order chi connectivity index (χ0) is 11.1. The number of rotatable bonds is 7. The zero-order valence-corrected chi connectivity index (χ0v) is 7.38. The van der Waals surface area contributed by atoms with Crippen molar-refractivity contribution in [3.05, 3.63) is 10.1 Å². The number of carboxylic acids is 2. The van der Waals surface area contributed by atoms with Gasteiger partial charge < -0.3 is 10.2 Å². The van der Waals surface area contributed by atoms with Gasteiger partial charge in [0.2, 0.25) is 6.54 Å². The van der Waals surface area contributed by atoms with E-state index in [0.717, 1.165) is 0 Å². The molecule has 7 nitrogen and oxygen atoms in total. The summed E-state index contributed by atoms with van der Waals surface area (Å²) in [6, 6.07) is 0. The van der Waals surface area contributed by atoms with E-state index in [0.29, 0.717) is 0 Å². The summed E-state index contributed by atoms with van der Waals surface area (Å²) in [6.07, 6.45) is -0.396. The van der Waals surface area contributed by atoms with Crippen LogP contribution in [-0.4, -0.2) is 33.6 Å². The predicted octanol–water partition coefficient (Wildman–Crippen LogP) is 0.219. The van der Waals surface area contributed by atoms with E-state index in [4.69, 9.17) is 10.2 Å². The third-order valence-electron chi connectivity index (χ3n) is 1.66. The summed E-state index contributed by atoms with van der Waals surface area (Å²) >= 11 is 0. The van der Waals surface area contributed by atoms with Crippen molar-refractivity contribution >= 4 is 11.9 Å². The fourth-order valence-electron chi connectivity index (χ4n) is 0.990. The molecule has 0 bridgehead atoms. The normalized spacial score (nSPS) is 12.0. The fourth-order valence-corrected chi connectivity index (χ4v) is 0.990. The lowest BCUT2D eigenvalue weighted by molar-refractivity contribution is -0.480. The van der Waals surface area contributed by atoms with Gasteiger partial charge in [-0.15, -0.1) is 0 Å². The SMILES string of the molecule is O=C(O)CC(CCC[N+](=O)[O-])C(=O)O. The van der Waals surface area contributed by atoms with Crippen LogP contribution in [0.5, 0.6) is 0 Å². The number of aliphatic carboxylic acids is 2. The second-order valence-electron chi connectivity index (χ2n) is 2.83. The summed E-state index contributed by atoms with van der Waals surface area (Å²) in [6.45, 7) is -0.330. The van der Waals surface area contributed by atoms with Gasteiger partial charge in [0.1, 0.15) is 0 Å². The van der Waals surface area contributed by atoms with E-state index in [1.807, 2.05) is 0 Å². The lowest BCUT2D eigenvalue weighted by Gasteiger charge is -2.07. The maximum absolute atomic E-state index is 10.5. The highest BCUT2D eigenvalue weighted by Gasteiger charge is 2.21. The minimum Gasteiger partial charge on any atom is -0.481 e. The molecule has 0 spiro atoms. The van der Waals surface area contributed by atoms with Gasteiger partial charge in [-0.25, -0.2) is 0 Å². The van der Waals surface area contributed by atoms with E-state index < -0.39 is 29.2 Å². The molecule has 0 fully saturated rings. The van der Waals surface area contributed by atoms with Crippen molar-refractivity contribution in [2.45, 2.75) is 19.3 Å². The Morgan fingerprint density at radius 2 is 1.93 bits per heavy atom. The van der Waals surface area contributed by atoms with Gasteiger partial charge >= 0.3 is 11.9 Å². The molecule has 80 valence electrons. The molecule has 0 aliphatic carbocycles. The molecule has 0 heterocycles. The molecular weight excluding hydrogens is 194 g/mol. The highest BCUT2D eigenvalue weighted by molar-refractivity contribution is 5.77. The molecule has 0 radical (unpaired) electrons.